The van der Waals surface area contributed by atoms with Crippen LogP contribution in [0.1, 0.15) is 32.2 Å². The Morgan fingerprint density at radius 1 is 1.11 bits per heavy atom. The van der Waals surface area contributed by atoms with E-state index in [4.69, 9.17) is 4.74 Å². The Bertz CT molecular complexity index is 629. The van der Waals surface area contributed by atoms with Crippen molar-refractivity contribution in [2.75, 3.05) is 0 Å². The summed E-state index contributed by atoms with van der Waals surface area (Å²) in [5.41, 5.74) is 1.03. The molecule has 0 fully saturated rings. The van der Waals surface area contributed by atoms with Crippen molar-refractivity contribution in [3.63, 3.8) is 0 Å². The molecule has 2 aromatic heterocycles. The first-order valence-electron chi connectivity index (χ1n) is 5.55. The normalized spacial score (nSPS) is 12.1. The van der Waals surface area contributed by atoms with Crippen molar-refractivity contribution in [1.29, 1.82) is 0 Å². The van der Waals surface area contributed by atoms with E-state index in [1.165, 1.54) is 22.7 Å². The summed E-state index contributed by atoms with van der Waals surface area (Å²) in [4.78, 5) is 23.5. The van der Waals surface area contributed by atoms with Crippen molar-refractivity contribution in [2.45, 2.75) is 40.2 Å². The van der Waals surface area contributed by atoms with E-state index in [0.717, 1.165) is 20.8 Å². The molecule has 0 radical (unpaired) electrons. The molecule has 0 aromatic carbocycles. The first-order chi connectivity index (χ1) is 8.20. The molecule has 0 spiro atoms. The maximum atomic E-state index is 12.1. The molecule has 0 bridgehead atoms. The third-order valence-electron chi connectivity index (χ3n) is 2.48. The van der Waals surface area contributed by atoms with E-state index >= 15 is 0 Å². The predicted molar refractivity (Wildman–Crippen MR) is 75.1 cm³/mol. The third kappa shape index (κ3) is 2.22. The molecular weight excluding hydrogens is 270 g/mol. The van der Waals surface area contributed by atoms with E-state index in [0.29, 0.717) is 0 Å². The molecule has 2 aromatic rings. The first kappa shape index (κ1) is 13.3. The maximum absolute atomic E-state index is 12.1. The highest BCUT2D eigenvalue weighted by atomic mass is 32.2. The van der Waals surface area contributed by atoms with Crippen LogP contribution in [0.3, 0.4) is 0 Å². The SMILES string of the molecule is Cc1c2sc(=O)sc2c(C)n1C(=O)OC(C)(C)C. The fourth-order valence-corrected chi connectivity index (χ4v) is 4.00. The van der Waals surface area contributed by atoms with Crippen LogP contribution in [0, 0.1) is 13.8 Å². The highest BCUT2D eigenvalue weighted by Crippen LogP contribution is 2.31. The van der Waals surface area contributed by atoms with Crippen molar-refractivity contribution in [3.8, 4) is 0 Å². The summed E-state index contributed by atoms with van der Waals surface area (Å²) < 4.78 is 8.74. The molecule has 0 saturated heterocycles. The Morgan fingerprint density at radius 3 is 1.94 bits per heavy atom. The van der Waals surface area contributed by atoms with Crippen molar-refractivity contribution < 1.29 is 9.53 Å². The summed E-state index contributed by atoms with van der Waals surface area (Å²) >= 11 is 2.37. The van der Waals surface area contributed by atoms with E-state index in [1.807, 2.05) is 34.6 Å². The van der Waals surface area contributed by atoms with Crippen LogP contribution >= 0.6 is 22.7 Å². The molecule has 0 aliphatic carbocycles. The number of aryl methyl sites for hydroxylation is 2. The molecular formula is C12H15NO3S2. The van der Waals surface area contributed by atoms with E-state index in [1.54, 1.807) is 4.57 Å². The van der Waals surface area contributed by atoms with Crippen LogP contribution < -0.4 is 4.06 Å². The zero-order valence-corrected chi connectivity index (χ0v) is 12.6. The van der Waals surface area contributed by atoms with E-state index < -0.39 is 5.60 Å². The van der Waals surface area contributed by atoms with E-state index in [2.05, 4.69) is 0 Å². The highest BCUT2D eigenvalue weighted by Gasteiger charge is 2.23. The molecule has 0 N–H and O–H groups in total. The minimum atomic E-state index is -0.527. The fraction of sp³-hybridized carbons (Fsp3) is 0.500. The lowest BCUT2D eigenvalue weighted by Crippen LogP contribution is -2.28. The number of nitrogens with zero attached hydrogens (tertiary/aromatic N) is 1. The Morgan fingerprint density at radius 2 is 1.56 bits per heavy atom. The van der Waals surface area contributed by atoms with E-state index in [9.17, 15) is 9.59 Å². The van der Waals surface area contributed by atoms with Crippen LogP contribution in [0.2, 0.25) is 0 Å². The van der Waals surface area contributed by atoms with Crippen LogP contribution in [-0.2, 0) is 4.74 Å². The molecule has 98 valence electrons. The Hall–Kier alpha value is -1.14. The van der Waals surface area contributed by atoms with Gasteiger partial charge in [0.1, 0.15) is 5.60 Å². The van der Waals surface area contributed by atoms with Gasteiger partial charge in [-0.2, -0.15) is 0 Å². The second-order valence-corrected chi connectivity index (χ2v) is 7.32. The second kappa shape index (κ2) is 4.20. The van der Waals surface area contributed by atoms with Gasteiger partial charge in [-0.25, -0.2) is 4.79 Å². The summed E-state index contributed by atoms with van der Waals surface area (Å²) in [6.45, 7) is 9.17. The molecule has 0 aliphatic rings. The zero-order valence-electron chi connectivity index (χ0n) is 11.0. The molecule has 0 aliphatic heterocycles. The average molecular weight is 285 g/mol. The van der Waals surface area contributed by atoms with Gasteiger partial charge in [0.2, 0.25) is 0 Å². The van der Waals surface area contributed by atoms with Gasteiger partial charge in [0, 0.05) is 11.4 Å². The van der Waals surface area contributed by atoms with Crippen LogP contribution in [-0.4, -0.2) is 16.3 Å². The molecule has 0 amide bonds. The number of ether oxygens (including phenoxy) is 1. The van der Waals surface area contributed by atoms with Crippen molar-refractivity contribution in [2.24, 2.45) is 0 Å². The Kier molecular flexibility index (Phi) is 3.11. The van der Waals surface area contributed by atoms with Gasteiger partial charge in [0.15, 0.2) is 0 Å². The highest BCUT2D eigenvalue weighted by molar-refractivity contribution is 7.35. The molecule has 0 atom stereocenters. The quantitative estimate of drug-likeness (QED) is 0.744. The third-order valence-corrected chi connectivity index (χ3v) is 4.85. The van der Waals surface area contributed by atoms with E-state index in [-0.39, 0.29) is 10.1 Å². The lowest BCUT2D eigenvalue weighted by molar-refractivity contribution is 0.0532. The number of hydrogen-bond donors (Lipinski definition) is 0. The van der Waals surface area contributed by atoms with Crippen molar-refractivity contribution in [3.05, 3.63) is 20.2 Å². The summed E-state index contributed by atoms with van der Waals surface area (Å²) in [5.74, 6) is 0. The van der Waals surface area contributed by atoms with Crippen molar-refractivity contribution in [1.82, 2.24) is 4.57 Å². The number of aromatic nitrogens is 1. The van der Waals surface area contributed by atoms with Crippen LogP contribution in [0.25, 0.3) is 9.40 Å². The van der Waals surface area contributed by atoms with Crippen LogP contribution in [0.15, 0.2) is 4.79 Å². The number of carbonyl (C=O) groups is 1. The monoisotopic (exact) mass is 285 g/mol. The lowest BCUT2D eigenvalue weighted by atomic mass is 10.2. The molecule has 2 rings (SSSR count). The largest absolute Gasteiger partial charge is 0.443 e. The second-order valence-electron chi connectivity index (χ2n) is 5.10. The topological polar surface area (TPSA) is 48.3 Å². The van der Waals surface area contributed by atoms with Gasteiger partial charge >= 0.3 is 6.09 Å². The molecule has 0 saturated carbocycles. The molecule has 0 unspecified atom stereocenters. The summed E-state index contributed by atoms with van der Waals surface area (Å²) in [6.07, 6.45) is -0.388. The standard InChI is InChI=1S/C12H15NO3S2/c1-6-8-9(18-11(15)17-8)7(2)13(6)10(14)16-12(3,4)5/h1-5H3. The van der Waals surface area contributed by atoms with Gasteiger partial charge < -0.3 is 4.74 Å². The maximum Gasteiger partial charge on any atom is 0.419 e. The van der Waals surface area contributed by atoms with Gasteiger partial charge in [-0.3, -0.25) is 9.36 Å². The zero-order chi connectivity index (χ0) is 13.7. The van der Waals surface area contributed by atoms with Gasteiger partial charge in [0.05, 0.1) is 9.40 Å². The lowest BCUT2D eigenvalue weighted by Gasteiger charge is -2.20. The Labute approximate surface area is 113 Å². The number of fused-ring (bicyclic) bond motifs is 1. The van der Waals surface area contributed by atoms with Crippen molar-refractivity contribution >= 4 is 38.2 Å². The van der Waals surface area contributed by atoms with Crippen LogP contribution in [0.4, 0.5) is 4.79 Å². The first-order valence-corrected chi connectivity index (χ1v) is 7.19. The molecule has 18 heavy (non-hydrogen) atoms. The number of rotatable bonds is 0. The minimum Gasteiger partial charge on any atom is -0.443 e. The fourth-order valence-electron chi connectivity index (χ4n) is 1.79. The van der Waals surface area contributed by atoms with Gasteiger partial charge in [0.25, 0.3) is 4.06 Å². The minimum absolute atomic E-state index is 0.0579. The smallest absolute Gasteiger partial charge is 0.419 e. The number of carbonyl (C=O) groups excluding carboxylic acids is 1. The summed E-state index contributed by atoms with van der Waals surface area (Å²) in [5, 5.41) is 0. The molecule has 4 nitrogen and oxygen atoms in total. The Balaban J connectivity index is 2.55. The predicted octanol–water partition coefficient (Wildman–Crippen LogP) is 3.52. The van der Waals surface area contributed by atoms with Crippen LogP contribution in [0.5, 0.6) is 0 Å². The average Bonchev–Trinajstić information content (AvgIpc) is 2.65. The molecule has 2 heterocycles. The van der Waals surface area contributed by atoms with Gasteiger partial charge in [-0.1, -0.05) is 22.7 Å². The van der Waals surface area contributed by atoms with Gasteiger partial charge in [-0.15, -0.1) is 0 Å². The summed E-state index contributed by atoms with van der Waals surface area (Å²) in [6, 6.07) is 0. The number of hydrogen-bond acceptors (Lipinski definition) is 5. The summed E-state index contributed by atoms with van der Waals surface area (Å²) in [7, 11) is 0. The molecule has 6 heteroatoms. The van der Waals surface area contributed by atoms with Gasteiger partial charge in [-0.05, 0) is 34.6 Å².